The fourth-order valence-electron chi connectivity index (χ4n) is 1.96. The quantitative estimate of drug-likeness (QED) is 0.457. The van der Waals surface area contributed by atoms with E-state index in [0.29, 0.717) is 40.3 Å². The molecule has 0 aliphatic heterocycles. The lowest BCUT2D eigenvalue weighted by atomic mass is 10.2. The summed E-state index contributed by atoms with van der Waals surface area (Å²) in [6.45, 7) is 0.730. The largest absolute Gasteiger partial charge is 0.490 e. The number of halogens is 3. The molecule has 0 fully saturated rings. The van der Waals surface area contributed by atoms with Gasteiger partial charge in [-0.1, -0.05) is 39.1 Å². The number of hydrogen-bond donors (Lipinski definition) is 2. The maximum atomic E-state index is 12.6. The predicted molar refractivity (Wildman–Crippen MR) is 112 cm³/mol. The van der Waals surface area contributed by atoms with Crippen LogP contribution in [0.15, 0.2) is 40.9 Å². The summed E-state index contributed by atoms with van der Waals surface area (Å²) in [5, 5.41) is 6.45. The Morgan fingerprint density at radius 2 is 1.96 bits per heavy atom. The van der Waals surface area contributed by atoms with Gasteiger partial charge in [0.2, 0.25) is 0 Å². The van der Waals surface area contributed by atoms with Gasteiger partial charge >= 0.3 is 0 Å². The van der Waals surface area contributed by atoms with Crippen molar-refractivity contribution in [2.45, 2.75) is 0 Å². The fourth-order valence-corrected chi connectivity index (χ4v) is 2.97. The second-order valence-electron chi connectivity index (χ2n) is 5.01. The number of nitrogens with one attached hydrogen (secondary N) is 2. The number of carbonyl (C=O) groups excluding carboxylic acids is 1. The average Bonchev–Trinajstić information content (AvgIpc) is 2.58. The molecule has 2 aromatic rings. The van der Waals surface area contributed by atoms with E-state index >= 15 is 0 Å². The molecule has 0 saturated carbocycles. The van der Waals surface area contributed by atoms with Crippen molar-refractivity contribution in [3.8, 4) is 5.75 Å². The van der Waals surface area contributed by atoms with Crippen molar-refractivity contribution in [3.63, 3.8) is 0 Å². The van der Waals surface area contributed by atoms with Gasteiger partial charge in [-0.3, -0.25) is 10.1 Å². The Bertz CT molecular complexity index is 821. The lowest BCUT2D eigenvalue weighted by Gasteiger charge is -2.14. The van der Waals surface area contributed by atoms with Crippen LogP contribution in [0.1, 0.15) is 10.4 Å². The van der Waals surface area contributed by atoms with Crippen LogP contribution in [0.3, 0.4) is 0 Å². The van der Waals surface area contributed by atoms with Crippen molar-refractivity contribution in [1.82, 2.24) is 5.32 Å². The number of carbonyl (C=O) groups is 1. The van der Waals surface area contributed by atoms with E-state index in [-0.39, 0.29) is 5.11 Å². The van der Waals surface area contributed by atoms with Crippen molar-refractivity contribution in [2.24, 2.45) is 0 Å². The maximum absolute atomic E-state index is 12.6. The summed E-state index contributed by atoms with van der Waals surface area (Å²) in [5.74, 6) is 0.0105. The van der Waals surface area contributed by atoms with Gasteiger partial charge in [-0.05, 0) is 48.6 Å². The minimum absolute atomic E-state index is 0.0991. The summed E-state index contributed by atoms with van der Waals surface area (Å²) >= 11 is 20.5. The van der Waals surface area contributed by atoms with Gasteiger partial charge in [-0.15, -0.1) is 0 Å². The molecule has 0 atom stereocenters. The predicted octanol–water partition coefficient (Wildman–Crippen LogP) is 4.91. The standard InChI is InChI=1S/C17H15BrCl2N2O3S/c1-24-6-7-25-15-5-2-10(18)8-12(15)16(23)22-17(26)21-14-4-3-11(19)9-13(14)20/h2-5,8-9H,6-7H2,1H3,(H2,21,22,23,26). The van der Waals surface area contributed by atoms with Crippen LogP contribution in [0.2, 0.25) is 10.0 Å². The molecule has 26 heavy (non-hydrogen) atoms. The van der Waals surface area contributed by atoms with E-state index in [1.165, 1.54) is 0 Å². The van der Waals surface area contributed by atoms with Crippen molar-refractivity contribution in [2.75, 3.05) is 25.6 Å². The van der Waals surface area contributed by atoms with Gasteiger partial charge in [-0.25, -0.2) is 0 Å². The first-order chi connectivity index (χ1) is 12.4. The molecule has 0 aliphatic rings. The summed E-state index contributed by atoms with van der Waals surface area (Å²) in [4.78, 5) is 12.6. The summed E-state index contributed by atoms with van der Waals surface area (Å²) in [5.41, 5.74) is 0.869. The minimum Gasteiger partial charge on any atom is -0.490 e. The summed E-state index contributed by atoms with van der Waals surface area (Å²) in [6, 6.07) is 10.0. The zero-order valence-corrected chi connectivity index (χ0v) is 17.6. The zero-order valence-electron chi connectivity index (χ0n) is 13.6. The topological polar surface area (TPSA) is 59.6 Å². The van der Waals surface area contributed by atoms with E-state index in [4.69, 9.17) is 44.9 Å². The van der Waals surface area contributed by atoms with Crippen LogP contribution in [0.4, 0.5) is 5.69 Å². The lowest BCUT2D eigenvalue weighted by Crippen LogP contribution is -2.34. The van der Waals surface area contributed by atoms with Gasteiger partial charge in [0.15, 0.2) is 5.11 Å². The van der Waals surface area contributed by atoms with Crippen molar-refractivity contribution in [3.05, 3.63) is 56.5 Å². The highest BCUT2D eigenvalue weighted by atomic mass is 79.9. The van der Waals surface area contributed by atoms with Crippen LogP contribution >= 0.6 is 51.3 Å². The molecule has 0 aromatic heterocycles. The fraction of sp³-hybridized carbons (Fsp3) is 0.176. The Kier molecular flexibility index (Phi) is 8.12. The SMILES string of the molecule is COCCOc1ccc(Br)cc1C(=O)NC(=S)Nc1ccc(Cl)cc1Cl. The Morgan fingerprint density at radius 3 is 2.65 bits per heavy atom. The molecular formula is C17H15BrCl2N2O3S. The first-order valence-corrected chi connectivity index (χ1v) is 9.35. The van der Waals surface area contributed by atoms with E-state index in [1.54, 1.807) is 43.5 Å². The molecule has 1 amide bonds. The van der Waals surface area contributed by atoms with Gasteiger partial charge in [0.1, 0.15) is 12.4 Å². The number of benzene rings is 2. The van der Waals surface area contributed by atoms with Crippen molar-refractivity contribution in [1.29, 1.82) is 0 Å². The Hall–Kier alpha value is -1.38. The Labute approximate surface area is 175 Å². The molecule has 0 unspecified atom stereocenters. The molecule has 9 heteroatoms. The van der Waals surface area contributed by atoms with Crippen LogP contribution in [-0.4, -0.2) is 31.3 Å². The zero-order chi connectivity index (χ0) is 19.1. The van der Waals surface area contributed by atoms with E-state index < -0.39 is 5.91 Å². The molecule has 0 radical (unpaired) electrons. The Balaban J connectivity index is 2.08. The van der Waals surface area contributed by atoms with Crippen molar-refractivity contribution < 1.29 is 14.3 Å². The monoisotopic (exact) mass is 476 g/mol. The van der Waals surface area contributed by atoms with Crippen LogP contribution in [0, 0.1) is 0 Å². The first kappa shape index (κ1) is 20.9. The maximum Gasteiger partial charge on any atom is 0.261 e. The van der Waals surface area contributed by atoms with Crippen molar-refractivity contribution >= 4 is 68.1 Å². The van der Waals surface area contributed by atoms with Crippen LogP contribution in [0.5, 0.6) is 5.75 Å². The Morgan fingerprint density at radius 1 is 1.19 bits per heavy atom. The van der Waals surface area contributed by atoms with Gasteiger partial charge in [0.25, 0.3) is 5.91 Å². The molecule has 0 heterocycles. The van der Waals surface area contributed by atoms with E-state index in [0.717, 1.165) is 4.47 Å². The van der Waals surface area contributed by atoms with E-state index in [9.17, 15) is 4.79 Å². The lowest BCUT2D eigenvalue weighted by molar-refractivity contribution is 0.0969. The highest BCUT2D eigenvalue weighted by Crippen LogP contribution is 2.26. The number of amides is 1. The number of hydrogen-bond acceptors (Lipinski definition) is 4. The number of rotatable bonds is 6. The molecule has 2 N–H and O–H groups in total. The van der Waals surface area contributed by atoms with Gasteiger partial charge in [-0.2, -0.15) is 0 Å². The molecule has 5 nitrogen and oxygen atoms in total. The minimum atomic E-state index is -0.415. The normalized spacial score (nSPS) is 10.3. The molecular weight excluding hydrogens is 463 g/mol. The van der Waals surface area contributed by atoms with Crippen LogP contribution in [-0.2, 0) is 4.74 Å². The average molecular weight is 478 g/mol. The van der Waals surface area contributed by atoms with E-state index in [2.05, 4.69) is 26.6 Å². The molecule has 2 rings (SSSR count). The molecule has 0 aliphatic carbocycles. The molecule has 0 saturated heterocycles. The highest BCUT2D eigenvalue weighted by molar-refractivity contribution is 9.10. The van der Waals surface area contributed by atoms with E-state index in [1.807, 2.05) is 0 Å². The summed E-state index contributed by atoms with van der Waals surface area (Å²) < 4.78 is 11.3. The third kappa shape index (κ3) is 6.10. The second-order valence-corrected chi connectivity index (χ2v) is 7.18. The summed E-state index contributed by atoms with van der Waals surface area (Å²) in [7, 11) is 1.57. The van der Waals surface area contributed by atoms with Gasteiger partial charge in [0.05, 0.1) is 22.9 Å². The van der Waals surface area contributed by atoms with Crippen LogP contribution < -0.4 is 15.4 Å². The smallest absolute Gasteiger partial charge is 0.261 e. The van der Waals surface area contributed by atoms with Gasteiger partial charge in [0, 0.05) is 16.6 Å². The molecule has 138 valence electrons. The van der Waals surface area contributed by atoms with Gasteiger partial charge < -0.3 is 14.8 Å². The highest BCUT2D eigenvalue weighted by Gasteiger charge is 2.15. The second kappa shape index (κ2) is 10.1. The number of ether oxygens (including phenoxy) is 2. The van der Waals surface area contributed by atoms with Crippen LogP contribution in [0.25, 0.3) is 0 Å². The molecule has 0 bridgehead atoms. The third-order valence-corrected chi connectivity index (χ3v) is 4.38. The number of anilines is 1. The number of methoxy groups -OCH3 is 1. The first-order valence-electron chi connectivity index (χ1n) is 7.39. The summed E-state index contributed by atoms with van der Waals surface area (Å²) in [6.07, 6.45) is 0. The third-order valence-electron chi connectivity index (χ3n) is 3.14. The molecule has 2 aromatic carbocycles. The molecule has 0 spiro atoms. The number of thiocarbonyl (C=S) groups is 1.